The van der Waals surface area contributed by atoms with E-state index in [-0.39, 0.29) is 25.0 Å². The molecular weight excluding hydrogens is 468 g/mol. The average molecular weight is 509 g/mol. The number of nitrogens with two attached hydrogens (primary N) is 3. The van der Waals surface area contributed by atoms with Crippen molar-refractivity contribution >= 4 is 23.7 Å². The maximum Gasteiger partial charge on any atom is 0.325 e. The van der Waals surface area contributed by atoms with E-state index in [1.165, 1.54) is 19.1 Å². The van der Waals surface area contributed by atoms with Crippen molar-refractivity contribution in [3.63, 3.8) is 0 Å². The lowest BCUT2D eigenvalue weighted by atomic mass is 10.0. The van der Waals surface area contributed by atoms with E-state index in [1.54, 1.807) is 12.1 Å². The molecular formula is C24H40N6O6. The molecule has 0 bridgehead atoms. The van der Waals surface area contributed by atoms with Crippen molar-refractivity contribution in [3.05, 3.63) is 29.8 Å². The van der Waals surface area contributed by atoms with E-state index in [0.29, 0.717) is 38.8 Å². The van der Waals surface area contributed by atoms with E-state index < -0.39 is 47.9 Å². The number of carboxylic acids is 1. The third kappa shape index (κ3) is 11.5. The number of phenols is 1. The normalized spacial score (nSPS) is 14.2. The van der Waals surface area contributed by atoms with Gasteiger partial charge in [-0.1, -0.05) is 12.1 Å². The van der Waals surface area contributed by atoms with Crippen LogP contribution in [0.25, 0.3) is 0 Å². The molecule has 0 aliphatic heterocycles. The molecule has 11 N–H and O–H groups in total. The second kappa shape index (κ2) is 16.5. The van der Waals surface area contributed by atoms with Gasteiger partial charge in [0.05, 0.1) is 6.04 Å². The van der Waals surface area contributed by atoms with Crippen molar-refractivity contribution in [2.45, 2.75) is 76.0 Å². The summed E-state index contributed by atoms with van der Waals surface area (Å²) in [4.78, 5) is 49.7. The molecule has 3 amide bonds. The molecule has 0 aromatic heterocycles. The van der Waals surface area contributed by atoms with Crippen molar-refractivity contribution in [1.29, 1.82) is 0 Å². The molecule has 0 saturated carbocycles. The Kier molecular flexibility index (Phi) is 14.1. The molecule has 0 aliphatic carbocycles. The van der Waals surface area contributed by atoms with E-state index >= 15 is 0 Å². The molecule has 1 rings (SSSR count). The summed E-state index contributed by atoms with van der Waals surface area (Å²) in [7, 11) is 0. The number of rotatable bonds is 17. The quantitative estimate of drug-likeness (QED) is 0.122. The monoisotopic (exact) mass is 508 g/mol. The van der Waals surface area contributed by atoms with Gasteiger partial charge < -0.3 is 43.4 Å². The van der Waals surface area contributed by atoms with Crippen LogP contribution >= 0.6 is 0 Å². The second-order valence-corrected chi connectivity index (χ2v) is 8.74. The van der Waals surface area contributed by atoms with E-state index in [4.69, 9.17) is 22.3 Å². The van der Waals surface area contributed by atoms with Gasteiger partial charge in [0.2, 0.25) is 17.7 Å². The van der Waals surface area contributed by atoms with Crippen LogP contribution in [0.2, 0.25) is 0 Å². The van der Waals surface area contributed by atoms with Crippen molar-refractivity contribution in [2.75, 3.05) is 13.1 Å². The molecule has 0 saturated heterocycles. The van der Waals surface area contributed by atoms with Crippen molar-refractivity contribution in [3.8, 4) is 5.75 Å². The molecule has 202 valence electrons. The topological polar surface area (TPSA) is 223 Å². The van der Waals surface area contributed by atoms with Crippen LogP contribution in [0.3, 0.4) is 0 Å². The molecule has 4 atom stereocenters. The predicted octanol–water partition coefficient (Wildman–Crippen LogP) is -0.921. The molecule has 36 heavy (non-hydrogen) atoms. The second-order valence-electron chi connectivity index (χ2n) is 8.74. The fourth-order valence-corrected chi connectivity index (χ4v) is 3.43. The number of unbranched alkanes of at least 4 members (excludes halogenated alkanes) is 2. The van der Waals surface area contributed by atoms with Crippen LogP contribution in [-0.4, -0.2) is 71.2 Å². The first-order chi connectivity index (χ1) is 17.1. The van der Waals surface area contributed by atoms with Gasteiger partial charge in [0.1, 0.15) is 23.9 Å². The first-order valence-corrected chi connectivity index (χ1v) is 12.2. The van der Waals surface area contributed by atoms with Crippen LogP contribution in [-0.2, 0) is 25.6 Å². The average Bonchev–Trinajstić information content (AvgIpc) is 2.83. The summed E-state index contributed by atoms with van der Waals surface area (Å²) in [6.45, 7) is 2.15. The largest absolute Gasteiger partial charge is 0.508 e. The lowest BCUT2D eigenvalue weighted by molar-refractivity contribution is -0.141. The lowest BCUT2D eigenvalue weighted by Gasteiger charge is -2.25. The van der Waals surface area contributed by atoms with Crippen LogP contribution < -0.4 is 33.2 Å². The summed E-state index contributed by atoms with van der Waals surface area (Å²) in [5.74, 6) is -2.86. The molecule has 0 fully saturated rings. The van der Waals surface area contributed by atoms with Crippen LogP contribution in [0.5, 0.6) is 5.75 Å². The van der Waals surface area contributed by atoms with Crippen molar-refractivity contribution < 1.29 is 29.4 Å². The van der Waals surface area contributed by atoms with Gasteiger partial charge in [-0.2, -0.15) is 0 Å². The van der Waals surface area contributed by atoms with Crippen molar-refractivity contribution in [2.24, 2.45) is 17.2 Å². The highest BCUT2D eigenvalue weighted by molar-refractivity contribution is 5.94. The molecule has 0 aliphatic rings. The first-order valence-electron chi connectivity index (χ1n) is 12.2. The fourth-order valence-electron chi connectivity index (χ4n) is 3.43. The van der Waals surface area contributed by atoms with E-state index in [0.717, 1.165) is 5.56 Å². The number of aliphatic carboxylic acids is 1. The third-order valence-corrected chi connectivity index (χ3v) is 5.62. The Morgan fingerprint density at radius 1 is 0.806 bits per heavy atom. The summed E-state index contributed by atoms with van der Waals surface area (Å²) in [5, 5.41) is 26.2. The van der Waals surface area contributed by atoms with Crippen LogP contribution in [0.15, 0.2) is 24.3 Å². The minimum absolute atomic E-state index is 0.0937. The Morgan fingerprint density at radius 3 is 1.75 bits per heavy atom. The molecule has 1 aromatic carbocycles. The number of hydrogen-bond donors (Lipinski definition) is 8. The van der Waals surface area contributed by atoms with Crippen LogP contribution in [0, 0.1) is 0 Å². The number of carbonyl (C=O) groups excluding carboxylic acids is 3. The van der Waals surface area contributed by atoms with Gasteiger partial charge in [-0.3, -0.25) is 19.2 Å². The highest BCUT2D eigenvalue weighted by Gasteiger charge is 2.29. The number of benzene rings is 1. The zero-order chi connectivity index (χ0) is 27.1. The van der Waals surface area contributed by atoms with Gasteiger partial charge >= 0.3 is 5.97 Å². The molecule has 4 unspecified atom stereocenters. The maximum atomic E-state index is 13.1. The Labute approximate surface area is 211 Å². The number of carboxylic acid groups (broad SMARTS) is 1. The number of carbonyl (C=O) groups is 4. The highest BCUT2D eigenvalue weighted by Crippen LogP contribution is 2.11. The molecule has 1 aromatic rings. The van der Waals surface area contributed by atoms with Crippen molar-refractivity contribution in [1.82, 2.24) is 16.0 Å². The minimum atomic E-state index is -1.20. The molecule has 12 nitrogen and oxygen atoms in total. The third-order valence-electron chi connectivity index (χ3n) is 5.62. The number of hydrogen-bond acceptors (Lipinski definition) is 8. The summed E-state index contributed by atoms with van der Waals surface area (Å²) in [6.07, 6.45) is 3.08. The fraction of sp³-hybridized carbons (Fsp3) is 0.583. The highest BCUT2D eigenvalue weighted by atomic mass is 16.4. The zero-order valence-electron chi connectivity index (χ0n) is 20.7. The molecule has 0 radical (unpaired) electrons. The first kappa shape index (κ1) is 30.8. The van der Waals surface area contributed by atoms with E-state index in [9.17, 15) is 24.3 Å². The Morgan fingerprint density at radius 2 is 1.28 bits per heavy atom. The van der Waals surface area contributed by atoms with Gasteiger partial charge in [-0.15, -0.1) is 0 Å². The number of phenolic OH excluding ortho intramolecular Hbond substituents is 1. The lowest BCUT2D eigenvalue weighted by Crippen LogP contribution is -2.57. The summed E-state index contributed by atoms with van der Waals surface area (Å²) in [5.41, 5.74) is 17.9. The number of aromatic hydroxyl groups is 1. The van der Waals surface area contributed by atoms with Gasteiger partial charge in [0.25, 0.3) is 0 Å². The minimum Gasteiger partial charge on any atom is -0.508 e. The summed E-state index contributed by atoms with van der Waals surface area (Å²) < 4.78 is 0. The summed E-state index contributed by atoms with van der Waals surface area (Å²) >= 11 is 0. The Hall–Kier alpha value is -3.22. The molecule has 0 spiro atoms. The summed E-state index contributed by atoms with van der Waals surface area (Å²) in [6, 6.07) is 2.24. The Bertz CT molecular complexity index is 850. The van der Waals surface area contributed by atoms with Crippen LogP contribution in [0.4, 0.5) is 0 Å². The van der Waals surface area contributed by atoms with Gasteiger partial charge in [0, 0.05) is 0 Å². The van der Waals surface area contributed by atoms with Gasteiger partial charge in [-0.05, 0) is 82.7 Å². The standard InChI is InChI=1S/C24H40N6O6/c1-15(24(35)36)28-22(33)19(6-2-4-12-25)30-23(34)20(7-3-5-13-26)29-21(32)18(27)14-16-8-10-17(31)11-9-16/h8-11,15,18-20,31H,2-7,12-14,25-27H2,1H3,(H,28,33)(H,29,32)(H,30,34)(H,35,36). The molecule has 12 heteroatoms. The number of amides is 3. The molecule has 0 heterocycles. The van der Waals surface area contributed by atoms with Crippen LogP contribution in [0.1, 0.15) is 51.0 Å². The SMILES string of the molecule is CC(NC(=O)C(CCCCN)NC(=O)C(CCCCN)NC(=O)C(N)Cc1ccc(O)cc1)C(=O)O. The maximum absolute atomic E-state index is 13.1. The van der Waals surface area contributed by atoms with Gasteiger partial charge in [0.15, 0.2) is 0 Å². The van der Waals surface area contributed by atoms with E-state index in [1.807, 2.05) is 0 Å². The zero-order valence-corrected chi connectivity index (χ0v) is 20.7. The predicted molar refractivity (Wildman–Crippen MR) is 135 cm³/mol. The van der Waals surface area contributed by atoms with E-state index in [2.05, 4.69) is 16.0 Å². The number of nitrogens with one attached hydrogen (secondary N) is 3. The van der Waals surface area contributed by atoms with Gasteiger partial charge in [-0.25, -0.2) is 0 Å². The smallest absolute Gasteiger partial charge is 0.325 e. The Balaban J connectivity index is 2.91.